The van der Waals surface area contributed by atoms with Crippen molar-refractivity contribution in [3.05, 3.63) is 41.7 Å². The van der Waals surface area contributed by atoms with E-state index in [9.17, 15) is 18.0 Å². The lowest BCUT2D eigenvalue weighted by atomic mass is 10.2. The minimum Gasteiger partial charge on any atom is -0.494 e. The lowest BCUT2D eigenvalue weighted by Gasteiger charge is -2.14. The van der Waals surface area contributed by atoms with Crippen molar-refractivity contribution < 1.29 is 22.7 Å². The van der Waals surface area contributed by atoms with Crippen LogP contribution in [0.3, 0.4) is 0 Å². The van der Waals surface area contributed by atoms with E-state index in [2.05, 4.69) is 10.4 Å². The Morgan fingerprint density at radius 3 is 2.64 bits per heavy atom. The third-order valence-electron chi connectivity index (χ3n) is 2.93. The second kappa shape index (κ2) is 6.08. The fraction of sp³-hybridized carbons (Fsp3) is 0.286. The predicted molar refractivity (Wildman–Crippen MR) is 73.1 cm³/mol. The van der Waals surface area contributed by atoms with E-state index in [-0.39, 0.29) is 18.0 Å². The number of hydrogen-bond acceptors (Lipinski definition) is 3. The highest BCUT2D eigenvalue weighted by Gasteiger charge is 2.40. The van der Waals surface area contributed by atoms with Gasteiger partial charge in [-0.15, -0.1) is 0 Å². The minimum absolute atomic E-state index is 0.105. The number of carbonyl (C=O) groups excluding carboxylic acids is 1. The van der Waals surface area contributed by atoms with Gasteiger partial charge in [-0.2, -0.15) is 18.3 Å². The summed E-state index contributed by atoms with van der Waals surface area (Å²) >= 11 is 0. The maximum atomic E-state index is 13.4. The number of halogens is 3. The highest BCUT2D eigenvalue weighted by Crippen LogP contribution is 2.35. The van der Waals surface area contributed by atoms with Gasteiger partial charge in [0.2, 0.25) is 0 Å². The Bertz CT molecular complexity index is 680. The summed E-state index contributed by atoms with van der Waals surface area (Å²) in [4.78, 5) is 11.8. The molecule has 0 atom stereocenters. The molecule has 22 heavy (non-hydrogen) atoms. The van der Waals surface area contributed by atoms with Gasteiger partial charge in [-0.05, 0) is 19.1 Å². The summed E-state index contributed by atoms with van der Waals surface area (Å²) in [5, 5.41) is 6.06. The summed E-state index contributed by atoms with van der Waals surface area (Å²) in [6.07, 6.45) is -3.84. The van der Waals surface area contributed by atoms with Crippen LogP contribution >= 0.6 is 0 Å². The van der Waals surface area contributed by atoms with Gasteiger partial charge in [0.05, 0.1) is 18.9 Å². The van der Waals surface area contributed by atoms with Gasteiger partial charge in [0.15, 0.2) is 5.69 Å². The molecule has 1 aromatic carbocycles. The SMILES string of the molecule is CCNC(=O)c1cnn(-c2ccccc2OC)c1C(F)(F)F. The summed E-state index contributed by atoms with van der Waals surface area (Å²) < 4.78 is 45.9. The highest BCUT2D eigenvalue weighted by atomic mass is 19.4. The smallest absolute Gasteiger partial charge is 0.434 e. The quantitative estimate of drug-likeness (QED) is 0.944. The number of carbonyl (C=O) groups is 1. The monoisotopic (exact) mass is 313 g/mol. The molecule has 5 nitrogen and oxygen atoms in total. The Hall–Kier alpha value is -2.51. The van der Waals surface area contributed by atoms with E-state index in [1.807, 2.05) is 0 Å². The van der Waals surface area contributed by atoms with Crippen LogP contribution in [-0.2, 0) is 6.18 Å². The van der Waals surface area contributed by atoms with Crippen LogP contribution in [0.15, 0.2) is 30.5 Å². The summed E-state index contributed by atoms with van der Waals surface area (Å²) in [6.45, 7) is 1.84. The topological polar surface area (TPSA) is 56.2 Å². The fourth-order valence-electron chi connectivity index (χ4n) is 2.03. The van der Waals surface area contributed by atoms with Gasteiger partial charge in [0.1, 0.15) is 11.4 Å². The average molecular weight is 313 g/mol. The molecule has 0 bridgehead atoms. The van der Waals surface area contributed by atoms with E-state index in [1.54, 1.807) is 19.1 Å². The van der Waals surface area contributed by atoms with Crippen molar-refractivity contribution in [3.63, 3.8) is 0 Å². The number of nitrogens with zero attached hydrogens (tertiary/aromatic N) is 2. The van der Waals surface area contributed by atoms with Crippen molar-refractivity contribution in [2.45, 2.75) is 13.1 Å². The van der Waals surface area contributed by atoms with E-state index < -0.39 is 23.3 Å². The molecule has 0 saturated carbocycles. The van der Waals surface area contributed by atoms with Crippen LogP contribution in [0.2, 0.25) is 0 Å². The number of rotatable bonds is 4. The second-order valence-corrected chi connectivity index (χ2v) is 4.35. The molecule has 118 valence electrons. The Kier molecular flexibility index (Phi) is 4.39. The van der Waals surface area contributed by atoms with Crippen molar-refractivity contribution in [2.24, 2.45) is 0 Å². The van der Waals surface area contributed by atoms with Gasteiger partial charge in [-0.1, -0.05) is 12.1 Å². The van der Waals surface area contributed by atoms with Crippen LogP contribution < -0.4 is 10.1 Å². The molecule has 2 rings (SSSR count). The van der Waals surface area contributed by atoms with Crippen molar-refractivity contribution in [2.75, 3.05) is 13.7 Å². The number of methoxy groups -OCH3 is 1. The lowest BCUT2D eigenvalue weighted by molar-refractivity contribution is -0.143. The van der Waals surface area contributed by atoms with Crippen LogP contribution in [0.25, 0.3) is 5.69 Å². The molecule has 1 heterocycles. The molecule has 0 fully saturated rings. The maximum Gasteiger partial charge on any atom is 0.434 e. The third kappa shape index (κ3) is 2.90. The van der Waals surface area contributed by atoms with E-state index in [0.717, 1.165) is 6.20 Å². The summed E-state index contributed by atoms with van der Waals surface area (Å²) in [7, 11) is 1.35. The number of para-hydroxylation sites is 2. The van der Waals surface area contributed by atoms with Gasteiger partial charge < -0.3 is 10.1 Å². The van der Waals surface area contributed by atoms with E-state index >= 15 is 0 Å². The largest absolute Gasteiger partial charge is 0.494 e. The Balaban J connectivity index is 2.65. The molecule has 0 aliphatic carbocycles. The van der Waals surface area contributed by atoms with Crippen LogP contribution in [0.4, 0.5) is 13.2 Å². The molecule has 0 radical (unpaired) electrons. The van der Waals surface area contributed by atoms with Gasteiger partial charge in [-0.25, -0.2) is 4.68 Å². The Morgan fingerprint density at radius 2 is 2.05 bits per heavy atom. The van der Waals surface area contributed by atoms with Crippen LogP contribution in [-0.4, -0.2) is 29.3 Å². The summed E-state index contributed by atoms with van der Waals surface area (Å²) in [6, 6.07) is 6.14. The van der Waals surface area contributed by atoms with Gasteiger partial charge >= 0.3 is 6.18 Å². The lowest BCUT2D eigenvalue weighted by Crippen LogP contribution is -2.26. The standard InChI is InChI=1S/C14H14F3N3O2/c1-3-18-13(21)9-8-19-20(12(9)14(15,16)17)10-6-4-5-7-11(10)22-2/h4-8H,3H2,1-2H3,(H,18,21). The van der Waals surface area contributed by atoms with Crippen LogP contribution in [0, 0.1) is 0 Å². The predicted octanol–water partition coefficient (Wildman–Crippen LogP) is 2.65. The fourth-order valence-corrected chi connectivity index (χ4v) is 2.03. The molecule has 0 aliphatic heterocycles. The number of alkyl halides is 3. The Labute approximate surface area is 124 Å². The molecular weight excluding hydrogens is 299 g/mol. The molecule has 8 heteroatoms. The van der Waals surface area contributed by atoms with E-state index in [4.69, 9.17) is 4.74 Å². The molecule has 0 unspecified atom stereocenters. The number of aromatic nitrogens is 2. The van der Waals surface area contributed by atoms with E-state index in [1.165, 1.54) is 19.2 Å². The number of hydrogen-bond donors (Lipinski definition) is 1. The van der Waals surface area contributed by atoms with E-state index in [0.29, 0.717) is 4.68 Å². The minimum atomic E-state index is -4.74. The van der Waals surface area contributed by atoms with Crippen molar-refractivity contribution in [1.82, 2.24) is 15.1 Å². The maximum absolute atomic E-state index is 13.4. The van der Waals surface area contributed by atoms with Gasteiger partial charge in [-0.3, -0.25) is 4.79 Å². The van der Waals surface area contributed by atoms with Crippen molar-refractivity contribution in [3.8, 4) is 11.4 Å². The zero-order chi connectivity index (χ0) is 16.3. The molecule has 0 saturated heterocycles. The Morgan fingerprint density at radius 1 is 1.36 bits per heavy atom. The third-order valence-corrected chi connectivity index (χ3v) is 2.93. The number of ether oxygens (including phenoxy) is 1. The second-order valence-electron chi connectivity index (χ2n) is 4.35. The van der Waals surface area contributed by atoms with Crippen molar-refractivity contribution in [1.29, 1.82) is 0 Å². The number of benzene rings is 1. The molecule has 1 N–H and O–H groups in total. The highest BCUT2D eigenvalue weighted by molar-refractivity contribution is 5.95. The number of amides is 1. The summed E-state index contributed by atoms with van der Waals surface area (Å²) in [5.74, 6) is -0.602. The first-order valence-electron chi connectivity index (χ1n) is 6.47. The summed E-state index contributed by atoms with van der Waals surface area (Å²) in [5.41, 5.74) is -1.56. The normalized spacial score (nSPS) is 11.3. The van der Waals surface area contributed by atoms with Gasteiger partial charge in [0, 0.05) is 6.54 Å². The number of nitrogens with one attached hydrogen (secondary N) is 1. The van der Waals surface area contributed by atoms with Crippen LogP contribution in [0.5, 0.6) is 5.75 Å². The molecule has 2 aromatic rings. The van der Waals surface area contributed by atoms with Gasteiger partial charge in [0.25, 0.3) is 5.91 Å². The first kappa shape index (κ1) is 15.9. The molecular formula is C14H14F3N3O2. The average Bonchev–Trinajstić information content (AvgIpc) is 2.92. The molecule has 0 spiro atoms. The first-order chi connectivity index (χ1) is 10.4. The van der Waals surface area contributed by atoms with Crippen molar-refractivity contribution >= 4 is 5.91 Å². The zero-order valence-electron chi connectivity index (χ0n) is 11.9. The molecule has 0 aliphatic rings. The molecule has 1 amide bonds. The zero-order valence-corrected chi connectivity index (χ0v) is 11.9. The first-order valence-corrected chi connectivity index (χ1v) is 6.47. The van der Waals surface area contributed by atoms with Crippen LogP contribution in [0.1, 0.15) is 23.0 Å². The molecule has 1 aromatic heterocycles.